The molecule has 0 saturated heterocycles. The average Bonchev–Trinajstić information content (AvgIpc) is 2.62. The Kier molecular flexibility index (Phi) is 3.01. The number of rotatable bonds is 3. The van der Waals surface area contributed by atoms with E-state index in [-0.39, 0.29) is 6.61 Å². The molecule has 1 aromatic carbocycles. The van der Waals surface area contributed by atoms with Crippen LogP contribution in [0.4, 0.5) is 0 Å². The van der Waals surface area contributed by atoms with Gasteiger partial charge < -0.3 is 9.26 Å². The Balaban J connectivity index is 1.99. The molecule has 1 heterocycles. The van der Waals surface area contributed by atoms with Gasteiger partial charge in [-0.25, -0.2) is 0 Å². The van der Waals surface area contributed by atoms with E-state index < -0.39 is 0 Å². The summed E-state index contributed by atoms with van der Waals surface area (Å²) in [6.07, 6.45) is 0. The van der Waals surface area contributed by atoms with Crippen molar-refractivity contribution in [1.82, 2.24) is 10.1 Å². The zero-order chi connectivity index (χ0) is 10.7. The molecule has 0 unspecified atom stereocenters. The lowest BCUT2D eigenvalue weighted by molar-refractivity contribution is 0.242. The molecule has 0 N–H and O–H groups in total. The Labute approximate surface area is 95.4 Å². The van der Waals surface area contributed by atoms with Crippen molar-refractivity contribution in [3.8, 4) is 5.75 Å². The standard InChI is InChI=1S/C10H9BrN2O2/c1-7-12-10(15-13-7)6-14-9-4-2-3-8(11)5-9/h2-5H,6H2,1H3. The fourth-order valence-corrected chi connectivity index (χ4v) is 1.48. The highest BCUT2D eigenvalue weighted by atomic mass is 79.9. The molecule has 4 nitrogen and oxygen atoms in total. The largest absolute Gasteiger partial charge is 0.484 e. The van der Waals surface area contributed by atoms with Gasteiger partial charge in [0.2, 0.25) is 0 Å². The zero-order valence-electron chi connectivity index (χ0n) is 8.11. The van der Waals surface area contributed by atoms with Gasteiger partial charge in [0, 0.05) is 4.47 Å². The van der Waals surface area contributed by atoms with Crippen LogP contribution in [-0.4, -0.2) is 10.1 Å². The van der Waals surface area contributed by atoms with Crippen LogP contribution < -0.4 is 4.74 Å². The van der Waals surface area contributed by atoms with Crippen molar-refractivity contribution in [2.24, 2.45) is 0 Å². The minimum absolute atomic E-state index is 0.289. The second-order valence-electron chi connectivity index (χ2n) is 2.98. The third kappa shape index (κ3) is 2.79. The minimum Gasteiger partial charge on any atom is -0.484 e. The molecule has 0 atom stereocenters. The van der Waals surface area contributed by atoms with E-state index in [4.69, 9.17) is 9.26 Å². The highest BCUT2D eigenvalue weighted by molar-refractivity contribution is 9.10. The van der Waals surface area contributed by atoms with E-state index in [9.17, 15) is 0 Å². The SMILES string of the molecule is Cc1noc(COc2cccc(Br)c2)n1. The maximum Gasteiger partial charge on any atom is 0.264 e. The number of benzene rings is 1. The predicted octanol–water partition coefficient (Wildman–Crippen LogP) is 2.72. The van der Waals surface area contributed by atoms with E-state index in [0.717, 1.165) is 10.2 Å². The fraction of sp³-hybridized carbons (Fsp3) is 0.200. The second kappa shape index (κ2) is 4.44. The summed E-state index contributed by atoms with van der Waals surface area (Å²) in [4.78, 5) is 4.03. The van der Waals surface area contributed by atoms with E-state index in [1.807, 2.05) is 24.3 Å². The Bertz CT molecular complexity index is 456. The van der Waals surface area contributed by atoms with Crippen molar-refractivity contribution in [3.05, 3.63) is 40.5 Å². The first-order valence-corrected chi connectivity index (χ1v) is 5.21. The summed E-state index contributed by atoms with van der Waals surface area (Å²) >= 11 is 3.36. The molecule has 0 spiro atoms. The molecule has 0 aliphatic carbocycles. The molecule has 0 aliphatic heterocycles. The van der Waals surface area contributed by atoms with Gasteiger partial charge in [0.1, 0.15) is 5.75 Å². The van der Waals surface area contributed by atoms with Gasteiger partial charge in [0.25, 0.3) is 5.89 Å². The summed E-state index contributed by atoms with van der Waals surface area (Å²) in [7, 11) is 0. The van der Waals surface area contributed by atoms with E-state index in [2.05, 4.69) is 26.1 Å². The number of aryl methyl sites for hydroxylation is 1. The van der Waals surface area contributed by atoms with Crippen LogP contribution in [0.15, 0.2) is 33.3 Å². The summed E-state index contributed by atoms with van der Waals surface area (Å²) < 4.78 is 11.4. The molecule has 0 fully saturated rings. The number of aromatic nitrogens is 2. The number of nitrogens with zero attached hydrogens (tertiary/aromatic N) is 2. The molecule has 0 saturated carbocycles. The lowest BCUT2D eigenvalue weighted by Gasteiger charge is -2.02. The Morgan fingerprint density at radius 3 is 3.00 bits per heavy atom. The van der Waals surface area contributed by atoms with Crippen LogP contribution in [0.1, 0.15) is 11.7 Å². The van der Waals surface area contributed by atoms with Crippen LogP contribution in [0, 0.1) is 6.92 Å². The topological polar surface area (TPSA) is 48.2 Å². The number of ether oxygens (including phenoxy) is 1. The highest BCUT2D eigenvalue weighted by Gasteiger charge is 2.03. The zero-order valence-corrected chi connectivity index (χ0v) is 9.69. The van der Waals surface area contributed by atoms with Crippen molar-refractivity contribution >= 4 is 15.9 Å². The Morgan fingerprint density at radius 1 is 1.47 bits per heavy atom. The molecular formula is C10H9BrN2O2. The summed E-state index contributed by atoms with van der Waals surface area (Å²) in [5.74, 6) is 1.86. The van der Waals surface area contributed by atoms with Crippen molar-refractivity contribution in [2.75, 3.05) is 0 Å². The molecule has 0 aliphatic rings. The van der Waals surface area contributed by atoms with Crippen LogP contribution in [-0.2, 0) is 6.61 Å². The Morgan fingerprint density at radius 2 is 2.33 bits per heavy atom. The molecule has 0 radical (unpaired) electrons. The van der Waals surface area contributed by atoms with E-state index >= 15 is 0 Å². The molecule has 2 aromatic rings. The molecular weight excluding hydrogens is 260 g/mol. The highest BCUT2D eigenvalue weighted by Crippen LogP contribution is 2.18. The van der Waals surface area contributed by atoms with Crippen molar-refractivity contribution < 1.29 is 9.26 Å². The number of halogens is 1. The number of hydrogen-bond acceptors (Lipinski definition) is 4. The maximum absolute atomic E-state index is 5.46. The molecule has 1 aromatic heterocycles. The van der Waals surface area contributed by atoms with Crippen molar-refractivity contribution in [1.29, 1.82) is 0 Å². The van der Waals surface area contributed by atoms with Gasteiger partial charge in [-0.3, -0.25) is 0 Å². The fourth-order valence-electron chi connectivity index (χ4n) is 1.10. The predicted molar refractivity (Wildman–Crippen MR) is 57.5 cm³/mol. The molecule has 5 heteroatoms. The summed E-state index contributed by atoms with van der Waals surface area (Å²) in [5, 5.41) is 3.67. The summed E-state index contributed by atoms with van der Waals surface area (Å²) in [6.45, 7) is 2.06. The van der Waals surface area contributed by atoms with E-state index in [0.29, 0.717) is 11.7 Å². The maximum atomic E-state index is 5.46. The van der Waals surface area contributed by atoms with Crippen molar-refractivity contribution in [3.63, 3.8) is 0 Å². The first kappa shape index (κ1) is 10.2. The quantitative estimate of drug-likeness (QED) is 0.859. The second-order valence-corrected chi connectivity index (χ2v) is 3.90. The normalized spacial score (nSPS) is 10.3. The van der Waals surface area contributed by atoms with Crippen LogP contribution in [0.3, 0.4) is 0 Å². The third-order valence-electron chi connectivity index (χ3n) is 1.73. The smallest absolute Gasteiger partial charge is 0.264 e. The monoisotopic (exact) mass is 268 g/mol. The van der Waals surface area contributed by atoms with Crippen LogP contribution in [0.2, 0.25) is 0 Å². The van der Waals surface area contributed by atoms with Gasteiger partial charge in [-0.2, -0.15) is 4.98 Å². The van der Waals surface area contributed by atoms with Gasteiger partial charge in [-0.1, -0.05) is 27.2 Å². The molecule has 15 heavy (non-hydrogen) atoms. The first-order valence-electron chi connectivity index (χ1n) is 4.41. The van der Waals surface area contributed by atoms with Crippen LogP contribution in [0.25, 0.3) is 0 Å². The van der Waals surface area contributed by atoms with Crippen LogP contribution in [0.5, 0.6) is 5.75 Å². The summed E-state index contributed by atoms with van der Waals surface area (Å²) in [5.41, 5.74) is 0. The van der Waals surface area contributed by atoms with E-state index in [1.54, 1.807) is 6.92 Å². The minimum atomic E-state index is 0.289. The van der Waals surface area contributed by atoms with Crippen molar-refractivity contribution in [2.45, 2.75) is 13.5 Å². The lowest BCUT2D eigenvalue weighted by Crippen LogP contribution is -1.95. The first-order chi connectivity index (χ1) is 7.24. The number of hydrogen-bond donors (Lipinski definition) is 0. The average molecular weight is 269 g/mol. The van der Waals surface area contributed by atoms with Gasteiger partial charge in [-0.05, 0) is 25.1 Å². The van der Waals surface area contributed by atoms with Crippen LogP contribution >= 0.6 is 15.9 Å². The summed E-state index contributed by atoms with van der Waals surface area (Å²) in [6, 6.07) is 7.58. The molecule has 0 bridgehead atoms. The van der Waals surface area contributed by atoms with Gasteiger partial charge in [0.05, 0.1) is 0 Å². The van der Waals surface area contributed by atoms with Gasteiger partial charge in [0.15, 0.2) is 12.4 Å². The lowest BCUT2D eigenvalue weighted by atomic mass is 10.3. The molecule has 78 valence electrons. The Hall–Kier alpha value is -1.36. The third-order valence-corrected chi connectivity index (χ3v) is 2.22. The molecule has 0 amide bonds. The van der Waals surface area contributed by atoms with Gasteiger partial charge >= 0.3 is 0 Å². The van der Waals surface area contributed by atoms with E-state index in [1.165, 1.54) is 0 Å². The van der Waals surface area contributed by atoms with Gasteiger partial charge in [-0.15, -0.1) is 0 Å². The molecule has 2 rings (SSSR count).